The van der Waals surface area contributed by atoms with E-state index in [1.54, 1.807) is 12.1 Å². The highest BCUT2D eigenvalue weighted by atomic mass is 16.1. The zero-order valence-electron chi connectivity index (χ0n) is 11.4. The van der Waals surface area contributed by atoms with Crippen LogP contribution in [0.15, 0.2) is 30.3 Å². The highest BCUT2D eigenvalue weighted by Gasteiger charge is 1.98. The third kappa shape index (κ3) is 5.87. The van der Waals surface area contributed by atoms with Gasteiger partial charge in [-0.25, -0.2) is 0 Å². The first-order valence-electron chi connectivity index (χ1n) is 6.73. The van der Waals surface area contributed by atoms with Gasteiger partial charge in [-0.2, -0.15) is 5.26 Å². The average Bonchev–Trinajstić information content (AvgIpc) is 2.45. The minimum Gasteiger partial charge on any atom is -0.353 e. The Morgan fingerprint density at radius 2 is 2.11 bits per heavy atom. The number of nitriles is 1. The molecular formula is C16H20N2O. The number of benzene rings is 1. The lowest BCUT2D eigenvalue weighted by Gasteiger charge is -2.01. The zero-order chi connectivity index (χ0) is 13.9. The summed E-state index contributed by atoms with van der Waals surface area (Å²) in [5.74, 6) is -0.107. The van der Waals surface area contributed by atoms with Crippen molar-refractivity contribution in [1.29, 1.82) is 5.26 Å². The second kappa shape index (κ2) is 8.93. The van der Waals surface area contributed by atoms with Crippen molar-refractivity contribution in [2.24, 2.45) is 0 Å². The van der Waals surface area contributed by atoms with Gasteiger partial charge in [0.15, 0.2) is 0 Å². The van der Waals surface area contributed by atoms with Crippen LogP contribution >= 0.6 is 0 Å². The fourth-order valence-electron chi connectivity index (χ4n) is 1.73. The van der Waals surface area contributed by atoms with Crippen LogP contribution in [-0.4, -0.2) is 12.5 Å². The number of carbonyl (C=O) groups excluding carboxylic acids is 1. The van der Waals surface area contributed by atoms with Crippen LogP contribution in [0.1, 0.15) is 43.7 Å². The van der Waals surface area contributed by atoms with Crippen molar-refractivity contribution < 1.29 is 4.79 Å². The molecule has 1 aromatic carbocycles. The van der Waals surface area contributed by atoms with E-state index in [0.29, 0.717) is 12.1 Å². The number of unbranched alkanes of at least 4 members (excludes halogenated alkanes) is 3. The summed E-state index contributed by atoms with van der Waals surface area (Å²) < 4.78 is 0. The number of nitrogens with one attached hydrogen (secondary N) is 1. The van der Waals surface area contributed by atoms with Crippen molar-refractivity contribution >= 4 is 12.0 Å². The van der Waals surface area contributed by atoms with Gasteiger partial charge in [0.1, 0.15) is 0 Å². The maximum atomic E-state index is 11.6. The van der Waals surface area contributed by atoms with E-state index < -0.39 is 0 Å². The molecule has 0 fully saturated rings. The summed E-state index contributed by atoms with van der Waals surface area (Å²) in [5, 5.41) is 11.8. The molecule has 19 heavy (non-hydrogen) atoms. The number of rotatable bonds is 7. The van der Waals surface area contributed by atoms with E-state index in [1.165, 1.54) is 18.9 Å². The lowest BCUT2D eigenvalue weighted by atomic mass is 10.1. The van der Waals surface area contributed by atoms with Crippen LogP contribution in [0.2, 0.25) is 0 Å². The Kier molecular flexibility index (Phi) is 7.04. The fourth-order valence-corrected chi connectivity index (χ4v) is 1.73. The van der Waals surface area contributed by atoms with Gasteiger partial charge < -0.3 is 5.32 Å². The van der Waals surface area contributed by atoms with E-state index in [0.717, 1.165) is 18.4 Å². The van der Waals surface area contributed by atoms with Crippen molar-refractivity contribution in [2.45, 2.75) is 32.6 Å². The summed E-state index contributed by atoms with van der Waals surface area (Å²) in [7, 11) is 0. The van der Waals surface area contributed by atoms with E-state index >= 15 is 0 Å². The van der Waals surface area contributed by atoms with Gasteiger partial charge >= 0.3 is 0 Å². The molecule has 1 aromatic rings. The molecule has 0 heterocycles. The number of hydrogen-bond acceptors (Lipinski definition) is 2. The largest absolute Gasteiger partial charge is 0.353 e. The molecule has 0 unspecified atom stereocenters. The highest BCUT2D eigenvalue weighted by Crippen LogP contribution is 2.08. The first-order chi connectivity index (χ1) is 9.27. The summed E-state index contributed by atoms with van der Waals surface area (Å²) in [6.45, 7) is 2.87. The van der Waals surface area contributed by atoms with Gasteiger partial charge in [-0.1, -0.05) is 44.4 Å². The summed E-state index contributed by atoms with van der Waals surface area (Å²) in [4.78, 5) is 11.6. The molecule has 0 aliphatic rings. The lowest BCUT2D eigenvalue weighted by Crippen LogP contribution is -2.21. The van der Waals surface area contributed by atoms with Gasteiger partial charge in [-0.05, 0) is 24.1 Å². The SMILES string of the molecule is CCCCCCNC(=O)/C=C/c1ccccc1C#N. The molecule has 3 nitrogen and oxygen atoms in total. The molecule has 100 valence electrons. The van der Waals surface area contributed by atoms with Gasteiger partial charge in [-0.3, -0.25) is 4.79 Å². The highest BCUT2D eigenvalue weighted by molar-refractivity contribution is 5.92. The monoisotopic (exact) mass is 256 g/mol. The van der Waals surface area contributed by atoms with Crippen molar-refractivity contribution in [1.82, 2.24) is 5.32 Å². The van der Waals surface area contributed by atoms with Crippen LogP contribution in [0.5, 0.6) is 0 Å². The topological polar surface area (TPSA) is 52.9 Å². The predicted molar refractivity (Wildman–Crippen MR) is 77.3 cm³/mol. The Morgan fingerprint density at radius 1 is 1.32 bits per heavy atom. The third-order valence-electron chi connectivity index (χ3n) is 2.83. The molecule has 1 rings (SSSR count). The summed E-state index contributed by atoms with van der Waals surface area (Å²) in [6, 6.07) is 9.32. The molecule has 0 saturated heterocycles. The molecule has 1 N–H and O–H groups in total. The molecule has 3 heteroatoms. The smallest absolute Gasteiger partial charge is 0.243 e. The Bertz CT molecular complexity index is 472. The Hall–Kier alpha value is -2.08. The maximum Gasteiger partial charge on any atom is 0.243 e. The quantitative estimate of drug-likeness (QED) is 0.601. The molecule has 0 radical (unpaired) electrons. The minimum absolute atomic E-state index is 0.107. The molecule has 0 saturated carbocycles. The third-order valence-corrected chi connectivity index (χ3v) is 2.83. The van der Waals surface area contributed by atoms with Gasteiger partial charge in [0.2, 0.25) is 5.91 Å². The van der Waals surface area contributed by atoms with Crippen molar-refractivity contribution in [3.63, 3.8) is 0 Å². The Morgan fingerprint density at radius 3 is 2.84 bits per heavy atom. The fraction of sp³-hybridized carbons (Fsp3) is 0.375. The minimum atomic E-state index is -0.107. The molecule has 0 spiro atoms. The summed E-state index contributed by atoms with van der Waals surface area (Å²) in [6.07, 6.45) is 7.73. The normalized spacial score (nSPS) is 10.3. The van der Waals surface area contributed by atoms with Gasteiger partial charge in [-0.15, -0.1) is 0 Å². The van der Waals surface area contributed by atoms with E-state index in [4.69, 9.17) is 5.26 Å². The van der Waals surface area contributed by atoms with Gasteiger partial charge in [0.05, 0.1) is 11.6 Å². The zero-order valence-corrected chi connectivity index (χ0v) is 11.4. The summed E-state index contributed by atoms with van der Waals surface area (Å²) in [5.41, 5.74) is 1.35. The number of carbonyl (C=O) groups is 1. The number of nitrogens with zero attached hydrogens (tertiary/aromatic N) is 1. The van der Waals surface area contributed by atoms with Crippen LogP contribution in [0.4, 0.5) is 0 Å². The van der Waals surface area contributed by atoms with Crippen LogP contribution in [0.3, 0.4) is 0 Å². The number of amides is 1. The molecule has 0 aliphatic carbocycles. The standard InChI is InChI=1S/C16H20N2O/c1-2-3-4-7-12-18-16(19)11-10-14-8-5-6-9-15(14)13-17/h5-6,8-11H,2-4,7,12H2,1H3,(H,18,19)/b11-10+. The number of hydrogen-bond donors (Lipinski definition) is 1. The van der Waals surface area contributed by atoms with Crippen LogP contribution in [0.25, 0.3) is 6.08 Å². The van der Waals surface area contributed by atoms with Crippen LogP contribution in [-0.2, 0) is 4.79 Å². The van der Waals surface area contributed by atoms with E-state index in [-0.39, 0.29) is 5.91 Å². The van der Waals surface area contributed by atoms with E-state index in [1.807, 2.05) is 18.2 Å². The lowest BCUT2D eigenvalue weighted by molar-refractivity contribution is -0.116. The predicted octanol–water partition coefficient (Wildman–Crippen LogP) is 3.27. The molecule has 0 atom stereocenters. The average molecular weight is 256 g/mol. The van der Waals surface area contributed by atoms with E-state index in [2.05, 4.69) is 18.3 Å². The first-order valence-corrected chi connectivity index (χ1v) is 6.73. The molecule has 0 aromatic heterocycles. The van der Waals surface area contributed by atoms with Crippen molar-refractivity contribution in [3.8, 4) is 6.07 Å². The van der Waals surface area contributed by atoms with Gasteiger partial charge in [0, 0.05) is 12.6 Å². The van der Waals surface area contributed by atoms with Gasteiger partial charge in [0.25, 0.3) is 0 Å². The van der Waals surface area contributed by atoms with Crippen molar-refractivity contribution in [3.05, 3.63) is 41.5 Å². The van der Waals surface area contributed by atoms with Crippen LogP contribution < -0.4 is 5.32 Å². The Balaban J connectivity index is 2.39. The molecule has 0 aliphatic heterocycles. The first kappa shape index (κ1) is 15.0. The summed E-state index contributed by atoms with van der Waals surface area (Å²) >= 11 is 0. The molecule has 1 amide bonds. The Labute approximate surface area is 114 Å². The second-order valence-electron chi connectivity index (χ2n) is 4.38. The van der Waals surface area contributed by atoms with E-state index in [9.17, 15) is 4.79 Å². The van der Waals surface area contributed by atoms with Crippen molar-refractivity contribution in [2.75, 3.05) is 6.54 Å². The van der Waals surface area contributed by atoms with Crippen LogP contribution in [0, 0.1) is 11.3 Å². The molecule has 0 bridgehead atoms. The maximum absolute atomic E-state index is 11.6. The molecular weight excluding hydrogens is 236 g/mol. The second-order valence-corrected chi connectivity index (χ2v) is 4.38.